The van der Waals surface area contributed by atoms with Crippen LogP contribution in [0, 0.1) is 5.82 Å². The Balaban J connectivity index is 0.00000117. The van der Waals surface area contributed by atoms with Gasteiger partial charge in [0.2, 0.25) is 0 Å². The van der Waals surface area contributed by atoms with Crippen molar-refractivity contribution in [3.63, 3.8) is 0 Å². The maximum absolute atomic E-state index is 14.1. The number of carbonyl (C=O) groups is 1. The van der Waals surface area contributed by atoms with Crippen molar-refractivity contribution in [1.82, 2.24) is 4.98 Å². The highest BCUT2D eigenvalue weighted by Crippen LogP contribution is 2.35. The third-order valence-electron chi connectivity index (χ3n) is 4.44. The first-order valence-electron chi connectivity index (χ1n) is 8.87. The lowest BCUT2D eigenvalue weighted by Gasteiger charge is -2.27. The van der Waals surface area contributed by atoms with E-state index in [0.717, 1.165) is 30.4 Å². The van der Waals surface area contributed by atoms with Crippen LogP contribution in [-0.4, -0.2) is 29.7 Å². The highest BCUT2D eigenvalue weighted by molar-refractivity contribution is 5.93. The van der Waals surface area contributed by atoms with Gasteiger partial charge >= 0.3 is 5.97 Å². The van der Waals surface area contributed by atoms with Crippen LogP contribution in [0.25, 0.3) is 0 Å². The monoisotopic (exact) mass is 360 g/mol. The van der Waals surface area contributed by atoms with Gasteiger partial charge in [-0.05, 0) is 48.6 Å². The van der Waals surface area contributed by atoms with Crippen molar-refractivity contribution in [1.29, 1.82) is 0 Å². The highest BCUT2D eigenvalue weighted by atomic mass is 19.1. The Kier molecular flexibility index (Phi) is 6.95. The van der Waals surface area contributed by atoms with Crippen LogP contribution in [0.3, 0.4) is 0 Å². The zero-order chi connectivity index (χ0) is 19.1. The first-order valence-corrected chi connectivity index (χ1v) is 8.87. The van der Waals surface area contributed by atoms with Crippen molar-refractivity contribution in [2.75, 3.05) is 19.0 Å². The molecule has 0 aliphatic heterocycles. The molecule has 2 N–H and O–H groups in total. The van der Waals surface area contributed by atoms with Crippen LogP contribution < -0.4 is 10.1 Å². The van der Waals surface area contributed by atoms with Crippen LogP contribution in [0.5, 0.6) is 5.75 Å². The number of aryl methyl sites for hydroxylation is 1. The molecule has 1 aromatic carbocycles. The predicted molar refractivity (Wildman–Crippen MR) is 99.7 cm³/mol. The van der Waals surface area contributed by atoms with Crippen molar-refractivity contribution >= 4 is 11.7 Å². The van der Waals surface area contributed by atoms with E-state index in [4.69, 9.17) is 4.74 Å². The van der Waals surface area contributed by atoms with Crippen LogP contribution in [0.4, 0.5) is 10.1 Å². The molecule has 1 unspecified atom stereocenters. The number of nitrogens with zero attached hydrogens (tertiary/aromatic N) is 1. The van der Waals surface area contributed by atoms with E-state index in [-0.39, 0.29) is 23.0 Å². The number of pyridine rings is 1. The second-order valence-electron chi connectivity index (χ2n) is 5.88. The molecule has 0 saturated carbocycles. The summed E-state index contributed by atoms with van der Waals surface area (Å²) >= 11 is 0. The number of carboxylic acids is 1. The van der Waals surface area contributed by atoms with E-state index in [9.17, 15) is 14.3 Å². The van der Waals surface area contributed by atoms with E-state index in [0.29, 0.717) is 12.2 Å². The Morgan fingerprint density at radius 3 is 2.88 bits per heavy atom. The third-order valence-corrected chi connectivity index (χ3v) is 4.44. The van der Waals surface area contributed by atoms with Gasteiger partial charge in [0.25, 0.3) is 0 Å². The number of aromatic carboxylic acids is 1. The number of hydrogen-bond acceptors (Lipinski definition) is 4. The van der Waals surface area contributed by atoms with Gasteiger partial charge in [0.1, 0.15) is 0 Å². The van der Waals surface area contributed by atoms with E-state index in [1.165, 1.54) is 25.6 Å². The Bertz CT molecular complexity index is 765. The fourth-order valence-corrected chi connectivity index (χ4v) is 3.23. The van der Waals surface area contributed by atoms with Gasteiger partial charge in [-0.3, -0.25) is 4.98 Å². The highest BCUT2D eigenvalue weighted by Gasteiger charge is 2.23. The number of aromatic nitrogens is 1. The SMILES string of the molecule is CC.COc1cc2c(cc1F)C(CNc1cnccc1C(=O)O)CCC2. The number of hydrogen-bond donors (Lipinski definition) is 2. The third kappa shape index (κ3) is 4.31. The average molecular weight is 360 g/mol. The van der Waals surface area contributed by atoms with Gasteiger partial charge in [-0.15, -0.1) is 0 Å². The van der Waals surface area contributed by atoms with E-state index >= 15 is 0 Å². The summed E-state index contributed by atoms with van der Waals surface area (Å²) in [6.45, 7) is 4.53. The number of methoxy groups -OCH3 is 1. The molecule has 3 rings (SSSR count). The number of nitrogens with one attached hydrogen (secondary N) is 1. The molecule has 0 spiro atoms. The smallest absolute Gasteiger partial charge is 0.337 e. The molecule has 140 valence electrons. The Morgan fingerprint density at radius 2 is 2.19 bits per heavy atom. The summed E-state index contributed by atoms with van der Waals surface area (Å²) in [7, 11) is 1.46. The van der Waals surface area contributed by atoms with Gasteiger partial charge in [-0.25, -0.2) is 9.18 Å². The molecular weight excluding hydrogens is 335 g/mol. The average Bonchev–Trinajstić information content (AvgIpc) is 2.67. The van der Waals surface area contributed by atoms with Gasteiger partial charge in [-0.2, -0.15) is 0 Å². The molecule has 1 aromatic heterocycles. The molecule has 0 saturated heterocycles. The zero-order valence-electron chi connectivity index (χ0n) is 15.4. The van der Waals surface area contributed by atoms with E-state index in [1.54, 1.807) is 12.1 Å². The Hall–Kier alpha value is -2.63. The molecular formula is C20H25FN2O3. The molecule has 26 heavy (non-hydrogen) atoms. The van der Waals surface area contributed by atoms with Crippen molar-refractivity contribution in [2.24, 2.45) is 0 Å². The molecule has 1 heterocycles. The number of rotatable bonds is 5. The minimum absolute atomic E-state index is 0.121. The van der Waals surface area contributed by atoms with Crippen molar-refractivity contribution in [2.45, 2.75) is 39.0 Å². The lowest BCUT2D eigenvalue weighted by Crippen LogP contribution is -2.19. The van der Waals surface area contributed by atoms with Gasteiger partial charge in [-0.1, -0.05) is 13.8 Å². The minimum atomic E-state index is -1.00. The molecule has 0 amide bonds. The molecule has 0 fully saturated rings. The van der Waals surface area contributed by atoms with Crippen molar-refractivity contribution < 1.29 is 19.0 Å². The summed E-state index contributed by atoms with van der Waals surface area (Å²) in [5.41, 5.74) is 2.72. The second-order valence-corrected chi connectivity index (χ2v) is 5.88. The normalized spacial score (nSPS) is 15.3. The first-order chi connectivity index (χ1) is 12.6. The van der Waals surface area contributed by atoms with Gasteiger partial charge in [0.15, 0.2) is 11.6 Å². The standard InChI is InChI=1S/C18H19FN2O3.C2H6/c1-24-17-7-11-3-2-4-12(14(11)8-15(17)19)9-21-16-10-20-6-5-13(16)18(22)23;1-2/h5-8,10,12,21H,2-4,9H2,1H3,(H,22,23);1-2H3. The van der Waals surface area contributed by atoms with Gasteiger partial charge in [0.05, 0.1) is 24.6 Å². The van der Waals surface area contributed by atoms with Crippen molar-refractivity contribution in [3.05, 3.63) is 53.1 Å². The predicted octanol–water partition coefficient (Wildman–Crippen LogP) is 4.49. The van der Waals surface area contributed by atoms with Gasteiger partial charge in [0, 0.05) is 18.7 Å². The van der Waals surface area contributed by atoms with Crippen LogP contribution in [0.15, 0.2) is 30.6 Å². The summed E-state index contributed by atoms with van der Waals surface area (Å²) in [5.74, 6) is -0.978. The minimum Gasteiger partial charge on any atom is -0.494 e. The molecule has 2 aromatic rings. The second kappa shape index (κ2) is 9.17. The number of carboxylic acid groups (broad SMARTS) is 1. The summed E-state index contributed by atoms with van der Waals surface area (Å²) in [6, 6.07) is 4.77. The summed E-state index contributed by atoms with van der Waals surface area (Å²) in [4.78, 5) is 15.2. The molecule has 1 aliphatic carbocycles. The molecule has 1 aliphatic rings. The Morgan fingerprint density at radius 1 is 1.42 bits per heavy atom. The maximum atomic E-state index is 14.1. The summed E-state index contributed by atoms with van der Waals surface area (Å²) in [5, 5.41) is 12.4. The molecule has 5 nitrogen and oxygen atoms in total. The molecule has 6 heteroatoms. The Labute approximate surface area is 153 Å². The number of ether oxygens (including phenoxy) is 1. The van der Waals surface area contributed by atoms with E-state index in [2.05, 4.69) is 10.3 Å². The van der Waals surface area contributed by atoms with Crippen molar-refractivity contribution in [3.8, 4) is 5.75 Å². The molecule has 1 atom stereocenters. The first kappa shape index (κ1) is 19.7. The van der Waals surface area contributed by atoms with Crippen LogP contribution in [-0.2, 0) is 6.42 Å². The van der Waals surface area contributed by atoms with Crippen LogP contribution in [0.1, 0.15) is 54.1 Å². The fourth-order valence-electron chi connectivity index (χ4n) is 3.23. The van der Waals surface area contributed by atoms with Crippen LogP contribution in [0.2, 0.25) is 0 Å². The zero-order valence-corrected chi connectivity index (χ0v) is 15.4. The number of benzene rings is 1. The number of halogens is 1. The lowest BCUT2D eigenvalue weighted by molar-refractivity contribution is 0.0698. The number of anilines is 1. The topological polar surface area (TPSA) is 71.5 Å². The summed E-state index contributed by atoms with van der Waals surface area (Å²) < 4.78 is 19.1. The largest absolute Gasteiger partial charge is 0.494 e. The maximum Gasteiger partial charge on any atom is 0.337 e. The van der Waals surface area contributed by atoms with Gasteiger partial charge < -0.3 is 15.2 Å². The summed E-state index contributed by atoms with van der Waals surface area (Å²) in [6.07, 6.45) is 5.78. The molecule has 0 radical (unpaired) electrons. The number of fused-ring (bicyclic) bond motifs is 1. The van der Waals surface area contributed by atoms with Crippen LogP contribution >= 0.6 is 0 Å². The van der Waals surface area contributed by atoms with E-state index < -0.39 is 5.97 Å². The fraction of sp³-hybridized carbons (Fsp3) is 0.400. The quantitative estimate of drug-likeness (QED) is 0.822. The molecule has 0 bridgehead atoms. The lowest BCUT2D eigenvalue weighted by atomic mass is 9.82. The van der Waals surface area contributed by atoms with E-state index in [1.807, 2.05) is 13.8 Å².